The molecular weight excluding hydrogens is 242 g/mol. The molecule has 1 aliphatic carbocycles. The number of hydrogen-bond acceptors (Lipinski definition) is 4. The average Bonchev–Trinajstić information content (AvgIpc) is 2.71. The zero-order chi connectivity index (χ0) is 13.4. The first kappa shape index (κ1) is 12.8. The van der Waals surface area contributed by atoms with E-state index < -0.39 is 0 Å². The smallest absolute Gasteiger partial charge is 0.123 e. The molecule has 0 saturated heterocycles. The SMILES string of the molecule is COc1cc2c(cc1CNC1CC(O)C1)OC(C)C2. The van der Waals surface area contributed by atoms with Gasteiger partial charge in [0.1, 0.15) is 17.6 Å². The number of rotatable bonds is 4. The van der Waals surface area contributed by atoms with Gasteiger partial charge in [0.25, 0.3) is 0 Å². The quantitative estimate of drug-likeness (QED) is 0.867. The average molecular weight is 263 g/mol. The number of fused-ring (bicyclic) bond motifs is 1. The summed E-state index contributed by atoms with van der Waals surface area (Å²) in [5.41, 5.74) is 2.35. The molecule has 19 heavy (non-hydrogen) atoms. The fourth-order valence-electron chi connectivity index (χ4n) is 2.82. The van der Waals surface area contributed by atoms with Crippen molar-refractivity contribution in [2.45, 2.75) is 51.0 Å². The second-order valence-electron chi connectivity index (χ2n) is 5.61. The fraction of sp³-hybridized carbons (Fsp3) is 0.600. The standard InChI is InChI=1S/C15H21NO3/c1-9-3-10-4-14(18-2)11(5-15(10)19-9)8-16-12-6-13(17)7-12/h4-5,9,12-13,16-17H,3,6-8H2,1-2H3. The van der Waals surface area contributed by atoms with Gasteiger partial charge in [-0.15, -0.1) is 0 Å². The summed E-state index contributed by atoms with van der Waals surface area (Å²) in [4.78, 5) is 0. The van der Waals surface area contributed by atoms with Crippen LogP contribution in [0.15, 0.2) is 12.1 Å². The van der Waals surface area contributed by atoms with Crippen molar-refractivity contribution in [1.29, 1.82) is 0 Å². The molecule has 1 aliphatic heterocycles. The van der Waals surface area contributed by atoms with E-state index >= 15 is 0 Å². The maximum atomic E-state index is 9.29. The fourth-order valence-corrected chi connectivity index (χ4v) is 2.82. The van der Waals surface area contributed by atoms with Crippen LogP contribution in [0.4, 0.5) is 0 Å². The van der Waals surface area contributed by atoms with Gasteiger partial charge >= 0.3 is 0 Å². The van der Waals surface area contributed by atoms with Crippen molar-refractivity contribution in [1.82, 2.24) is 5.32 Å². The predicted octanol–water partition coefficient (Wildman–Crippen LogP) is 1.63. The number of aliphatic hydroxyl groups excluding tert-OH is 1. The highest BCUT2D eigenvalue weighted by atomic mass is 16.5. The molecule has 1 atom stereocenters. The van der Waals surface area contributed by atoms with Gasteiger partial charge < -0.3 is 19.9 Å². The van der Waals surface area contributed by atoms with Crippen LogP contribution in [0.3, 0.4) is 0 Å². The topological polar surface area (TPSA) is 50.7 Å². The molecule has 1 unspecified atom stereocenters. The zero-order valence-corrected chi connectivity index (χ0v) is 11.5. The van der Waals surface area contributed by atoms with Gasteiger partial charge in [-0.25, -0.2) is 0 Å². The highest BCUT2D eigenvalue weighted by Gasteiger charge is 2.27. The molecule has 4 nitrogen and oxygen atoms in total. The third kappa shape index (κ3) is 2.55. The molecule has 104 valence electrons. The summed E-state index contributed by atoms with van der Waals surface area (Å²) in [6.07, 6.45) is 2.78. The molecule has 1 aromatic rings. The zero-order valence-electron chi connectivity index (χ0n) is 11.5. The molecule has 1 aromatic carbocycles. The lowest BCUT2D eigenvalue weighted by Crippen LogP contribution is -2.43. The third-order valence-electron chi connectivity index (χ3n) is 3.99. The van der Waals surface area contributed by atoms with Crippen LogP contribution in [0.1, 0.15) is 30.9 Å². The number of nitrogens with one attached hydrogen (secondary N) is 1. The minimum atomic E-state index is -0.122. The van der Waals surface area contributed by atoms with Gasteiger partial charge in [0.05, 0.1) is 13.2 Å². The lowest BCUT2D eigenvalue weighted by Gasteiger charge is -2.32. The van der Waals surface area contributed by atoms with Gasteiger partial charge in [0, 0.05) is 30.1 Å². The molecule has 0 radical (unpaired) electrons. The summed E-state index contributed by atoms with van der Waals surface area (Å²) in [5, 5.41) is 12.7. The van der Waals surface area contributed by atoms with Crippen molar-refractivity contribution >= 4 is 0 Å². The maximum absolute atomic E-state index is 9.29. The largest absolute Gasteiger partial charge is 0.496 e. The van der Waals surface area contributed by atoms with Crippen molar-refractivity contribution in [3.63, 3.8) is 0 Å². The molecule has 1 fully saturated rings. The molecule has 4 heteroatoms. The first-order chi connectivity index (χ1) is 9.15. The van der Waals surface area contributed by atoms with E-state index in [4.69, 9.17) is 9.47 Å². The summed E-state index contributed by atoms with van der Waals surface area (Å²) in [6, 6.07) is 4.60. The van der Waals surface area contributed by atoms with Crippen molar-refractivity contribution < 1.29 is 14.6 Å². The Balaban J connectivity index is 1.71. The summed E-state index contributed by atoms with van der Waals surface area (Å²) in [6.45, 7) is 2.84. The van der Waals surface area contributed by atoms with Gasteiger partial charge in [-0.3, -0.25) is 0 Å². The van der Waals surface area contributed by atoms with E-state index in [1.807, 2.05) is 0 Å². The Bertz CT molecular complexity index is 469. The first-order valence-corrected chi connectivity index (χ1v) is 6.93. The summed E-state index contributed by atoms with van der Waals surface area (Å²) in [7, 11) is 1.71. The van der Waals surface area contributed by atoms with E-state index in [9.17, 15) is 5.11 Å². The van der Waals surface area contributed by atoms with Crippen molar-refractivity contribution in [3.8, 4) is 11.5 Å². The molecule has 0 aromatic heterocycles. The van der Waals surface area contributed by atoms with Gasteiger partial charge in [0.15, 0.2) is 0 Å². The molecule has 2 aliphatic rings. The van der Waals surface area contributed by atoms with Crippen molar-refractivity contribution in [2.75, 3.05) is 7.11 Å². The Morgan fingerprint density at radius 1 is 1.42 bits per heavy atom. The summed E-state index contributed by atoms with van der Waals surface area (Å²) < 4.78 is 11.3. The van der Waals surface area contributed by atoms with Crippen LogP contribution in [0.5, 0.6) is 11.5 Å². The van der Waals surface area contributed by atoms with Crippen molar-refractivity contribution in [3.05, 3.63) is 23.3 Å². The van der Waals surface area contributed by atoms with Crippen LogP contribution in [-0.4, -0.2) is 30.5 Å². The normalized spacial score (nSPS) is 28.5. The lowest BCUT2D eigenvalue weighted by molar-refractivity contribution is 0.0618. The molecule has 3 rings (SSSR count). The minimum absolute atomic E-state index is 0.122. The molecular formula is C15H21NO3. The summed E-state index contributed by atoms with van der Waals surface area (Å²) in [5.74, 6) is 1.91. The predicted molar refractivity (Wildman–Crippen MR) is 72.7 cm³/mol. The molecule has 1 heterocycles. The minimum Gasteiger partial charge on any atom is -0.496 e. The van der Waals surface area contributed by atoms with Crippen LogP contribution < -0.4 is 14.8 Å². The van der Waals surface area contributed by atoms with Gasteiger partial charge in [-0.1, -0.05) is 0 Å². The second kappa shape index (κ2) is 5.02. The highest BCUT2D eigenvalue weighted by molar-refractivity contribution is 5.48. The summed E-state index contributed by atoms with van der Waals surface area (Å²) >= 11 is 0. The van der Waals surface area contributed by atoms with Crippen LogP contribution in [0, 0.1) is 0 Å². The third-order valence-corrected chi connectivity index (χ3v) is 3.99. The van der Waals surface area contributed by atoms with Gasteiger partial charge in [-0.2, -0.15) is 0 Å². The van der Waals surface area contributed by atoms with Crippen LogP contribution >= 0.6 is 0 Å². The molecule has 1 saturated carbocycles. The molecule has 0 spiro atoms. The van der Waals surface area contributed by atoms with Crippen molar-refractivity contribution in [2.24, 2.45) is 0 Å². The Morgan fingerprint density at radius 2 is 2.21 bits per heavy atom. The van der Waals surface area contributed by atoms with E-state index in [2.05, 4.69) is 24.4 Å². The van der Waals surface area contributed by atoms with Crippen LogP contribution in [0.2, 0.25) is 0 Å². The Labute approximate surface area is 113 Å². The van der Waals surface area contributed by atoms with Crippen LogP contribution in [0.25, 0.3) is 0 Å². The highest BCUT2D eigenvalue weighted by Crippen LogP contribution is 2.35. The lowest BCUT2D eigenvalue weighted by atomic mass is 9.89. The molecule has 0 amide bonds. The van der Waals surface area contributed by atoms with E-state index in [1.165, 1.54) is 5.56 Å². The van der Waals surface area contributed by atoms with E-state index in [-0.39, 0.29) is 12.2 Å². The Kier molecular flexibility index (Phi) is 3.37. The number of aliphatic hydroxyl groups is 1. The maximum Gasteiger partial charge on any atom is 0.123 e. The number of hydrogen-bond donors (Lipinski definition) is 2. The number of benzene rings is 1. The molecule has 2 N–H and O–H groups in total. The van der Waals surface area contributed by atoms with Gasteiger partial charge in [-0.05, 0) is 31.9 Å². The number of methoxy groups -OCH3 is 1. The van der Waals surface area contributed by atoms with E-state index in [0.717, 1.165) is 42.9 Å². The Morgan fingerprint density at radius 3 is 2.89 bits per heavy atom. The second-order valence-corrected chi connectivity index (χ2v) is 5.61. The first-order valence-electron chi connectivity index (χ1n) is 6.93. The van der Waals surface area contributed by atoms with Crippen LogP contribution in [-0.2, 0) is 13.0 Å². The number of ether oxygens (including phenoxy) is 2. The van der Waals surface area contributed by atoms with E-state index in [1.54, 1.807) is 7.11 Å². The monoisotopic (exact) mass is 263 g/mol. The molecule has 0 bridgehead atoms. The van der Waals surface area contributed by atoms with E-state index in [0.29, 0.717) is 6.04 Å². The van der Waals surface area contributed by atoms with Gasteiger partial charge in [0.2, 0.25) is 0 Å². The Hall–Kier alpha value is -1.26.